The second kappa shape index (κ2) is 7.82. The summed E-state index contributed by atoms with van der Waals surface area (Å²) in [6.07, 6.45) is 0.112. The Labute approximate surface area is 138 Å². The number of rotatable bonds is 6. The number of hydrogen-bond donors (Lipinski definition) is 1. The quantitative estimate of drug-likeness (QED) is 0.822. The smallest absolute Gasteiger partial charge is 0.265 e. The van der Waals surface area contributed by atoms with Gasteiger partial charge in [0.25, 0.3) is 5.91 Å². The van der Waals surface area contributed by atoms with Gasteiger partial charge in [0.2, 0.25) is 0 Å². The lowest BCUT2D eigenvalue weighted by Gasteiger charge is -2.21. The normalized spacial score (nSPS) is 12.0. The molecule has 0 aliphatic carbocycles. The average molecular weight is 311 g/mol. The number of benzene rings is 2. The summed E-state index contributed by atoms with van der Waals surface area (Å²) in [5.74, 6) is 0.955. The van der Waals surface area contributed by atoms with Crippen molar-refractivity contribution in [3.63, 3.8) is 0 Å². The van der Waals surface area contributed by atoms with E-state index in [2.05, 4.69) is 25.2 Å². The van der Waals surface area contributed by atoms with Crippen LogP contribution in [-0.4, -0.2) is 12.0 Å². The van der Waals surface area contributed by atoms with Crippen molar-refractivity contribution in [2.75, 3.05) is 5.32 Å². The standard InChI is InChI=1S/C20H25NO2/c1-5-18(23-16-11-7-6-8-12-16)20(22)21-19-15(4)10-9-13-17(19)14(2)3/h6-14,18H,5H2,1-4H3,(H,21,22). The molecule has 23 heavy (non-hydrogen) atoms. The minimum absolute atomic E-state index is 0.104. The van der Waals surface area contributed by atoms with E-state index in [4.69, 9.17) is 4.74 Å². The second-order valence-corrected chi connectivity index (χ2v) is 6.01. The van der Waals surface area contributed by atoms with Crippen LogP contribution in [0.2, 0.25) is 0 Å². The monoisotopic (exact) mass is 311 g/mol. The van der Waals surface area contributed by atoms with E-state index in [0.29, 0.717) is 18.1 Å². The number of amides is 1. The lowest BCUT2D eigenvalue weighted by atomic mass is 9.98. The molecule has 1 atom stereocenters. The van der Waals surface area contributed by atoms with Crippen molar-refractivity contribution < 1.29 is 9.53 Å². The zero-order chi connectivity index (χ0) is 16.8. The third-order valence-corrected chi connectivity index (χ3v) is 3.86. The highest BCUT2D eigenvalue weighted by Gasteiger charge is 2.20. The van der Waals surface area contributed by atoms with Crippen LogP contribution in [-0.2, 0) is 4.79 Å². The number of carbonyl (C=O) groups excluding carboxylic acids is 1. The van der Waals surface area contributed by atoms with Crippen LogP contribution in [0, 0.1) is 6.92 Å². The van der Waals surface area contributed by atoms with E-state index in [1.807, 2.05) is 56.3 Å². The van der Waals surface area contributed by atoms with Crippen molar-refractivity contribution >= 4 is 11.6 Å². The molecule has 3 nitrogen and oxygen atoms in total. The van der Waals surface area contributed by atoms with Gasteiger partial charge >= 0.3 is 0 Å². The fourth-order valence-electron chi connectivity index (χ4n) is 2.53. The van der Waals surface area contributed by atoms with Crippen molar-refractivity contribution in [2.24, 2.45) is 0 Å². The van der Waals surface area contributed by atoms with Crippen LogP contribution in [0.4, 0.5) is 5.69 Å². The first-order valence-electron chi connectivity index (χ1n) is 8.15. The van der Waals surface area contributed by atoms with Gasteiger partial charge in [0, 0.05) is 5.69 Å². The zero-order valence-electron chi connectivity index (χ0n) is 14.3. The van der Waals surface area contributed by atoms with Gasteiger partial charge in [-0.2, -0.15) is 0 Å². The van der Waals surface area contributed by atoms with Crippen LogP contribution in [0.1, 0.15) is 44.2 Å². The first-order chi connectivity index (χ1) is 11.0. The van der Waals surface area contributed by atoms with E-state index < -0.39 is 6.10 Å². The number of anilines is 1. The van der Waals surface area contributed by atoms with Crippen LogP contribution in [0.15, 0.2) is 48.5 Å². The van der Waals surface area contributed by atoms with E-state index in [9.17, 15) is 4.79 Å². The average Bonchev–Trinajstić information content (AvgIpc) is 2.55. The van der Waals surface area contributed by atoms with E-state index in [-0.39, 0.29) is 5.91 Å². The van der Waals surface area contributed by atoms with Crippen molar-refractivity contribution in [1.82, 2.24) is 0 Å². The molecule has 122 valence electrons. The molecule has 0 bridgehead atoms. The Morgan fingerprint density at radius 2 is 1.78 bits per heavy atom. The lowest BCUT2D eigenvalue weighted by Crippen LogP contribution is -2.33. The summed E-state index contributed by atoms with van der Waals surface area (Å²) in [7, 11) is 0. The third kappa shape index (κ3) is 4.35. The van der Waals surface area contributed by atoms with E-state index in [0.717, 1.165) is 16.8 Å². The van der Waals surface area contributed by atoms with Crippen molar-refractivity contribution in [1.29, 1.82) is 0 Å². The minimum atomic E-state index is -0.503. The summed E-state index contributed by atoms with van der Waals surface area (Å²) >= 11 is 0. The van der Waals surface area contributed by atoms with Gasteiger partial charge in [0.1, 0.15) is 5.75 Å². The fourth-order valence-corrected chi connectivity index (χ4v) is 2.53. The lowest BCUT2D eigenvalue weighted by molar-refractivity contribution is -0.122. The molecule has 1 unspecified atom stereocenters. The highest BCUT2D eigenvalue weighted by Crippen LogP contribution is 2.28. The summed E-state index contributed by atoms with van der Waals surface area (Å²) in [6, 6.07) is 15.6. The van der Waals surface area contributed by atoms with E-state index >= 15 is 0 Å². The summed E-state index contributed by atoms with van der Waals surface area (Å²) in [5, 5.41) is 3.07. The van der Waals surface area contributed by atoms with Crippen molar-refractivity contribution in [3.05, 3.63) is 59.7 Å². The van der Waals surface area contributed by atoms with Crippen molar-refractivity contribution in [3.8, 4) is 5.75 Å². The molecule has 1 N–H and O–H groups in total. The topological polar surface area (TPSA) is 38.3 Å². The van der Waals surface area contributed by atoms with Gasteiger partial charge in [-0.1, -0.05) is 57.2 Å². The van der Waals surface area contributed by atoms with Gasteiger partial charge in [-0.25, -0.2) is 0 Å². The van der Waals surface area contributed by atoms with Gasteiger partial charge < -0.3 is 10.1 Å². The molecule has 0 radical (unpaired) electrons. The molecule has 0 aromatic heterocycles. The third-order valence-electron chi connectivity index (χ3n) is 3.86. The molecule has 1 amide bonds. The highest BCUT2D eigenvalue weighted by atomic mass is 16.5. The predicted octanol–water partition coefficient (Wildman–Crippen LogP) is 4.91. The van der Waals surface area contributed by atoms with Crippen LogP contribution < -0.4 is 10.1 Å². The van der Waals surface area contributed by atoms with Gasteiger partial charge in [0.15, 0.2) is 6.10 Å². The summed E-state index contributed by atoms with van der Waals surface area (Å²) in [4.78, 5) is 12.6. The minimum Gasteiger partial charge on any atom is -0.481 e. The van der Waals surface area contributed by atoms with Crippen LogP contribution in [0.3, 0.4) is 0 Å². The SMILES string of the molecule is CCC(Oc1ccccc1)C(=O)Nc1c(C)cccc1C(C)C. The van der Waals surface area contributed by atoms with Crippen LogP contribution >= 0.6 is 0 Å². The maximum Gasteiger partial charge on any atom is 0.265 e. The Balaban J connectivity index is 2.17. The predicted molar refractivity (Wildman–Crippen MR) is 95.0 cm³/mol. The molecular formula is C20H25NO2. The fraction of sp³-hybridized carbons (Fsp3) is 0.350. The van der Waals surface area contributed by atoms with Crippen LogP contribution in [0.25, 0.3) is 0 Å². The number of ether oxygens (including phenoxy) is 1. The Morgan fingerprint density at radius 1 is 1.09 bits per heavy atom. The van der Waals surface area contributed by atoms with Gasteiger partial charge in [0.05, 0.1) is 0 Å². The summed E-state index contributed by atoms with van der Waals surface area (Å²) in [5.41, 5.74) is 3.12. The molecule has 2 aromatic carbocycles. The first-order valence-corrected chi connectivity index (χ1v) is 8.15. The van der Waals surface area contributed by atoms with Crippen molar-refractivity contribution in [2.45, 2.75) is 46.1 Å². The largest absolute Gasteiger partial charge is 0.481 e. The van der Waals surface area contributed by atoms with E-state index in [1.54, 1.807) is 0 Å². The molecule has 2 rings (SSSR count). The second-order valence-electron chi connectivity index (χ2n) is 6.01. The molecular weight excluding hydrogens is 286 g/mol. The summed E-state index contributed by atoms with van der Waals surface area (Å²) < 4.78 is 5.83. The van der Waals surface area contributed by atoms with E-state index in [1.165, 1.54) is 0 Å². The zero-order valence-corrected chi connectivity index (χ0v) is 14.3. The number of nitrogens with one attached hydrogen (secondary N) is 1. The maximum atomic E-state index is 12.6. The molecule has 0 spiro atoms. The van der Waals surface area contributed by atoms with Crippen LogP contribution in [0.5, 0.6) is 5.75 Å². The maximum absolute atomic E-state index is 12.6. The molecule has 0 saturated carbocycles. The Kier molecular flexibility index (Phi) is 5.80. The van der Waals surface area contributed by atoms with Gasteiger partial charge in [-0.3, -0.25) is 4.79 Å². The number of hydrogen-bond acceptors (Lipinski definition) is 2. The molecule has 0 aliphatic rings. The molecule has 0 saturated heterocycles. The molecule has 3 heteroatoms. The molecule has 0 heterocycles. The molecule has 2 aromatic rings. The highest BCUT2D eigenvalue weighted by molar-refractivity contribution is 5.95. The molecule has 0 aliphatic heterocycles. The number of para-hydroxylation sites is 2. The number of aryl methyl sites for hydroxylation is 1. The van der Waals surface area contributed by atoms with Gasteiger partial charge in [-0.05, 0) is 42.5 Å². The van der Waals surface area contributed by atoms with Gasteiger partial charge in [-0.15, -0.1) is 0 Å². The molecule has 0 fully saturated rings. The number of carbonyl (C=O) groups is 1. The summed E-state index contributed by atoms with van der Waals surface area (Å²) in [6.45, 7) is 8.22. The Morgan fingerprint density at radius 3 is 2.39 bits per heavy atom. The Bertz CT molecular complexity index is 650. The Hall–Kier alpha value is -2.29. The first kappa shape index (κ1) is 17.1.